The zero-order chi connectivity index (χ0) is 42.1. The molecule has 2 aromatic carbocycles. The molecule has 2 aromatic heterocycles. The van der Waals surface area contributed by atoms with E-state index in [0.717, 1.165) is 38.8 Å². The molecule has 2 saturated heterocycles. The summed E-state index contributed by atoms with van der Waals surface area (Å²) in [5.74, 6) is 0. The monoisotopic (exact) mass is 904 g/mol. The quantitative estimate of drug-likeness (QED) is 0.105. The van der Waals surface area contributed by atoms with Gasteiger partial charge >= 0.3 is 41.8 Å². The fourth-order valence-electron chi connectivity index (χ4n) is 7.83. The summed E-state index contributed by atoms with van der Waals surface area (Å²) in [6.45, 7) is 8.88. The second-order valence-corrected chi connectivity index (χ2v) is 14.6. The molecule has 330 valence electrons. The molecule has 0 radical (unpaired) electrons. The molecule has 0 aliphatic carbocycles. The third kappa shape index (κ3) is 12.3. The van der Waals surface area contributed by atoms with Gasteiger partial charge in [0.05, 0.1) is 33.6 Å². The molecule has 0 spiro atoms. The molecule has 60 heavy (non-hydrogen) atoms. The van der Waals surface area contributed by atoms with Gasteiger partial charge < -0.3 is 14.9 Å². The fraction of sp³-hybridized carbons (Fsp3) is 0.442. The number of alkyl halides is 12. The maximum Gasteiger partial charge on any atom is 4.00 e. The molecular weight excluding hydrogens is 856 g/mol. The summed E-state index contributed by atoms with van der Waals surface area (Å²) < 4.78 is 163. The minimum atomic E-state index is -5.03. The van der Waals surface area contributed by atoms with Crippen LogP contribution >= 0.6 is 0 Å². The van der Waals surface area contributed by atoms with Crippen molar-refractivity contribution < 1.29 is 69.8 Å². The standard InChI is InChI=1S/C38H34F12N4.C3H8.2CH3.Fe/c1-21-13-25(35(39,40)41)15-29(37(45,46)47)33(21)23-7-9-27(51-17-23)19-53-11-3-5-31(53)32-6-4-12-54(32)20-28-10-8-24(18-52-28)34-22(2)14-26(36(42,43)44)16-30(34)38(48,49)50;1-3-2;;;/h7-10,13-18,31-32H,3-6,11-12,19-20H2,1-2H3;3H2,1-2H3;2*1H3;/q;;2*-1;+4. The molecule has 4 aromatic rings. The molecule has 2 fully saturated rings. The molecule has 2 aliphatic heterocycles. The van der Waals surface area contributed by atoms with Crippen molar-refractivity contribution in [2.75, 3.05) is 13.1 Å². The molecule has 4 nitrogen and oxygen atoms in total. The zero-order valence-corrected chi connectivity index (χ0v) is 35.1. The van der Waals surface area contributed by atoms with Crippen LogP contribution in [0.25, 0.3) is 22.3 Å². The number of nitrogens with zero attached hydrogens (tertiary/aromatic N) is 4. The molecule has 17 heteroatoms. The van der Waals surface area contributed by atoms with Gasteiger partial charge in [0.1, 0.15) is 0 Å². The van der Waals surface area contributed by atoms with Crippen LogP contribution in [-0.2, 0) is 54.9 Å². The second kappa shape index (κ2) is 20.5. The number of likely N-dealkylation sites (tertiary alicyclic amines) is 2. The topological polar surface area (TPSA) is 32.3 Å². The number of aryl methyl sites for hydroxylation is 2. The molecule has 2 atom stereocenters. The number of benzene rings is 2. The van der Waals surface area contributed by atoms with E-state index in [0.29, 0.717) is 36.6 Å². The fourth-order valence-corrected chi connectivity index (χ4v) is 7.83. The summed E-state index contributed by atoms with van der Waals surface area (Å²) >= 11 is 0. The summed E-state index contributed by atoms with van der Waals surface area (Å²) in [5.41, 5.74) is -5.44. The Morgan fingerprint density at radius 3 is 1.15 bits per heavy atom. The van der Waals surface area contributed by atoms with Crippen molar-refractivity contribution >= 4 is 0 Å². The van der Waals surface area contributed by atoms with Crippen LogP contribution in [0.4, 0.5) is 52.7 Å². The van der Waals surface area contributed by atoms with E-state index in [-0.39, 0.29) is 89.5 Å². The minimum Gasteiger partial charge on any atom is -0.358 e. The van der Waals surface area contributed by atoms with Crippen molar-refractivity contribution in [2.24, 2.45) is 0 Å². The van der Waals surface area contributed by atoms with Crippen LogP contribution in [0.2, 0.25) is 0 Å². The summed E-state index contributed by atoms with van der Waals surface area (Å²) in [6.07, 6.45) is -12.7. The van der Waals surface area contributed by atoms with E-state index in [4.69, 9.17) is 0 Å². The van der Waals surface area contributed by atoms with E-state index in [2.05, 4.69) is 33.6 Å². The van der Waals surface area contributed by atoms with Crippen molar-refractivity contribution in [3.8, 4) is 22.3 Å². The van der Waals surface area contributed by atoms with Gasteiger partial charge in [-0.2, -0.15) is 52.7 Å². The third-order valence-electron chi connectivity index (χ3n) is 10.2. The Bertz CT molecular complexity index is 1850. The van der Waals surface area contributed by atoms with Crippen LogP contribution < -0.4 is 0 Å². The van der Waals surface area contributed by atoms with Crippen molar-refractivity contribution in [2.45, 2.75) is 110 Å². The van der Waals surface area contributed by atoms with Gasteiger partial charge in [-0.15, -0.1) is 0 Å². The van der Waals surface area contributed by atoms with Gasteiger partial charge in [0.25, 0.3) is 0 Å². The largest absolute Gasteiger partial charge is 4.00 e. The first kappa shape index (κ1) is 52.5. The van der Waals surface area contributed by atoms with E-state index < -0.39 is 47.0 Å². The summed E-state index contributed by atoms with van der Waals surface area (Å²) in [7, 11) is 0. The van der Waals surface area contributed by atoms with Crippen LogP contribution in [0, 0.1) is 28.7 Å². The Labute approximate surface area is 354 Å². The zero-order valence-electron chi connectivity index (χ0n) is 34.0. The van der Waals surface area contributed by atoms with Gasteiger partial charge in [0.2, 0.25) is 0 Å². The van der Waals surface area contributed by atoms with Crippen molar-refractivity contribution in [1.29, 1.82) is 0 Å². The summed E-state index contributed by atoms with van der Waals surface area (Å²) in [4.78, 5) is 13.3. The maximum atomic E-state index is 13.9. The molecule has 6 rings (SSSR count). The Hall–Kier alpha value is -3.66. The average Bonchev–Trinajstić information content (AvgIpc) is 3.76. The van der Waals surface area contributed by atoms with Gasteiger partial charge in [0, 0.05) is 48.7 Å². The average molecular weight is 905 g/mol. The van der Waals surface area contributed by atoms with Crippen LogP contribution in [0.3, 0.4) is 0 Å². The van der Waals surface area contributed by atoms with E-state index in [1.54, 1.807) is 12.1 Å². The number of rotatable bonds is 7. The number of hydrogen-bond donors (Lipinski definition) is 0. The van der Waals surface area contributed by atoms with Crippen LogP contribution in [0.5, 0.6) is 0 Å². The van der Waals surface area contributed by atoms with Crippen molar-refractivity contribution in [3.05, 3.63) is 121 Å². The van der Waals surface area contributed by atoms with Crippen LogP contribution in [0.1, 0.15) is 90.7 Å². The van der Waals surface area contributed by atoms with E-state index in [1.807, 2.05) is 0 Å². The van der Waals surface area contributed by atoms with Gasteiger partial charge in [-0.1, -0.05) is 32.4 Å². The Balaban J connectivity index is 0.00000201. The normalized spacial score (nSPS) is 17.6. The molecule has 2 aliphatic rings. The summed E-state index contributed by atoms with van der Waals surface area (Å²) in [6, 6.07) is 7.79. The smallest absolute Gasteiger partial charge is 0.358 e. The Kier molecular flexibility index (Phi) is 17.9. The van der Waals surface area contributed by atoms with E-state index in [9.17, 15) is 52.7 Å². The Morgan fingerprint density at radius 1 is 0.550 bits per heavy atom. The molecule has 0 saturated carbocycles. The van der Waals surface area contributed by atoms with Gasteiger partial charge in [-0.3, -0.25) is 19.8 Å². The summed E-state index contributed by atoms with van der Waals surface area (Å²) in [5, 5.41) is 0. The predicted octanol–water partition coefficient (Wildman–Crippen LogP) is 13.4. The first-order valence-electron chi connectivity index (χ1n) is 18.5. The van der Waals surface area contributed by atoms with E-state index >= 15 is 0 Å². The second-order valence-electron chi connectivity index (χ2n) is 14.6. The molecule has 4 heterocycles. The molecule has 0 bridgehead atoms. The third-order valence-corrected chi connectivity index (χ3v) is 10.2. The SMILES string of the molecule is CCC.Cc1cc(C(F)(F)F)cc(C(F)(F)F)c1-c1ccc(CN2CCCC2C2CCCN2Cc2ccc(-c3c(C)cc(C(F)(F)F)cc3C(F)(F)F)cn2)nc1.[CH3-].[CH3-].[Fe+4]. The molecular formula is C43H48F12FeN4+2. The van der Waals surface area contributed by atoms with Gasteiger partial charge in [0.15, 0.2) is 0 Å². The van der Waals surface area contributed by atoms with Crippen LogP contribution in [0.15, 0.2) is 60.9 Å². The van der Waals surface area contributed by atoms with Crippen molar-refractivity contribution in [1.82, 2.24) is 19.8 Å². The van der Waals surface area contributed by atoms with Crippen LogP contribution in [-0.4, -0.2) is 44.9 Å². The number of hydrogen-bond acceptors (Lipinski definition) is 4. The Morgan fingerprint density at radius 2 is 0.883 bits per heavy atom. The minimum absolute atomic E-state index is 0. The first-order valence-corrected chi connectivity index (χ1v) is 18.5. The molecule has 0 N–H and O–H groups in total. The molecule has 0 amide bonds. The molecule has 2 unspecified atom stereocenters. The maximum absolute atomic E-state index is 13.9. The van der Waals surface area contributed by atoms with Gasteiger partial charge in [-0.25, -0.2) is 0 Å². The van der Waals surface area contributed by atoms with Gasteiger partial charge in [-0.05, 0) is 111 Å². The first-order chi connectivity index (χ1) is 26.5. The predicted molar refractivity (Wildman–Crippen MR) is 204 cm³/mol. The van der Waals surface area contributed by atoms with Crippen molar-refractivity contribution in [3.63, 3.8) is 0 Å². The number of pyridine rings is 2. The van der Waals surface area contributed by atoms with E-state index in [1.165, 1.54) is 44.8 Å². The number of halogens is 12. The number of aromatic nitrogens is 2.